The Balaban J connectivity index is 0.711. The maximum atomic E-state index is 16.4. The summed E-state index contributed by atoms with van der Waals surface area (Å²) in [6.07, 6.45) is 1.95. The number of fused-ring (bicyclic) bond motifs is 1. The summed E-state index contributed by atoms with van der Waals surface area (Å²) >= 11 is 6.26. The van der Waals surface area contributed by atoms with Crippen LogP contribution in [0.1, 0.15) is 88.2 Å². The zero-order valence-electron chi connectivity index (χ0n) is 39.0. The van der Waals surface area contributed by atoms with Crippen molar-refractivity contribution in [1.82, 2.24) is 35.4 Å². The number of amides is 4. The van der Waals surface area contributed by atoms with Crippen LogP contribution in [0.25, 0.3) is 10.9 Å². The first-order chi connectivity index (χ1) is 32.4. The number of nitrogens with zero attached hydrogens (tertiary/aromatic N) is 8. The molecule has 1 aliphatic carbocycles. The Kier molecular flexibility index (Phi) is 12.7. The van der Waals surface area contributed by atoms with Gasteiger partial charge in [0.1, 0.15) is 35.2 Å². The number of alkyl halides is 1. The molecular formula is C50H58ClFN10O6. The summed E-state index contributed by atoms with van der Waals surface area (Å²) in [5.41, 5.74) is 0.597. The molecular weight excluding hydrogens is 891 g/mol. The highest BCUT2D eigenvalue weighted by molar-refractivity contribution is 6.31. The Hall–Kier alpha value is -6.12. The van der Waals surface area contributed by atoms with Gasteiger partial charge in [-0.05, 0) is 73.9 Å². The largest absolute Gasteiger partial charge is 0.489 e. The number of benzene rings is 3. The number of anilines is 2. The van der Waals surface area contributed by atoms with Crippen LogP contribution in [0.15, 0.2) is 65.5 Å². The molecule has 3 aromatic carbocycles. The molecule has 4 aromatic rings. The molecule has 1 atom stereocenters. The van der Waals surface area contributed by atoms with E-state index in [0.717, 1.165) is 29.1 Å². The SMILES string of the molecule is CC1(C)C(NC(=O)c2ccc(N3CCN(CC4(F)CCN(C(=O)C5CCN(c6ccc7nnn(C8CCC(=O)NC8=O)c(=O)c7c6)CC5)CC4)CC3)cc2)C(C)(C)C1Oc1ccc(C#N)c(Cl)c1. The molecule has 4 amide bonds. The number of carbonyl (C=O) groups is 4. The number of nitrogens with one attached hydrogen (secondary N) is 2. The van der Waals surface area contributed by atoms with Crippen LogP contribution in [0.4, 0.5) is 15.8 Å². The van der Waals surface area contributed by atoms with Gasteiger partial charge in [-0.2, -0.15) is 9.94 Å². The zero-order chi connectivity index (χ0) is 48.1. The summed E-state index contributed by atoms with van der Waals surface area (Å²) in [5.74, 6) is -0.610. The van der Waals surface area contributed by atoms with Crippen LogP contribution in [0, 0.1) is 28.1 Å². The van der Waals surface area contributed by atoms with Gasteiger partial charge in [0.05, 0.1) is 16.0 Å². The number of hydrogen-bond acceptors (Lipinski definition) is 12. The van der Waals surface area contributed by atoms with Crippen LogP contribution < -0.4 is 30.7 Å². The van der Waals surface area contributed by atoms with E-state index >= 15 is 4.39 Å². The summed E-state index contributed by atoms with van der Waals surface area (Å²) in [5, 5.41) is 23.6. The van der Waals surface area contributed by atoms with Crippen LogP contribution in [0.3, 0.4) is 0 Å². The van der Waals surface area contributed by atoms with E-state index < -0.39 is 23.2 Å². The van der Waals surface area contributed by atoms with Crippen molar-refractivity contribution in [3.8, 4) is 11.8 Å². The predicted molar refractivity (Wildman–Crippen MR) is 254 cm³/mol. The molecule has 0 spiro atoms. The van der Waals surface area contributed by atoms with Crippen molar-refractivity contribution in [3.63, 3.8) is 0 Å². The quantitative estimate of drug-likeness (QED) is 0.197. The molecule has 0 radical (unpaired) electrons. The second-order valence-electron chi connectivity index (χ2n) is 20.4. The molecule has 2 N–H and O–H groups in total. The minimum Gasteiger partial charge on any atom is -0.489 e. The Bertz CT molecular complexity index is 2700. The van der Waals surface area contributed by atoms with E-state index in [0.29, 0.717) is 104 Å². The highest BCUT2D eigenvalue weighted by atomic mass is 35.5. The first-order valence-corrected chi connectivity index (χ1v) is 24.0. The van der Waals surface area contributed by atoms with Crippen molar-refractivity contribution in [2.45, 2.75) is 90.1 Å². The fourth-order valence-corrected chi connectivity index (χ4v) is 11.7. The number of likely N-dealkylation sites (tertiary alicyclic amines) is 1. The van der Waals surface area contributed by atoms with Crippen LogP contribution >= 0.6 is 11.6 Å². The maximum Gasteiger partial charge on any atom is 0.278 e. The molecule has 18 heteroatoms. The van der Waals surface area contributed by atoms with Gasteiger partial charge >= 0.3 is 0 Å². The Morgan fingerprint density at radius 2 is 1.53 bits per heavy atom. The van der Waals surface area contributed by atoms with Gasteiger partial charge in [-0.3, -0.25) is 34.2 Å². The van der Waals surface area contributed by atoms with Gasteiger partial charge in [-0.1, -0.05) is 44.5 Å². The van der Waals surface area contributed by atoms with Crippen molar-refractivity contribution in [2.75, 3.05) is 68.7 Å². The third-order valence-electron chi connectivity index (χ3n) is 15.2. The number of hydrogen-bond donors (Lipinski definition) is 2. The number of nitriles is 1. The van der Waals surface area contributed by atoms with Crippen molar-refractivity contribution < 1.29 is 28.3 Å². The predicted octanol–water partition coefficient (Wildman–Crippen LogP) is 5.28. The second kappa shape index (κ2) is 18.4. The number of rotatable bonds is 10. The Morgan fingerprint density at radius 3 is 2.18 bits per heavy atom. The summed E-state index contributed by atoms with van der Waals surface area (Å²) in [4.78, 5) is 73.2. The van der Waals surface area contributed by atoms with Gasteiger partial charge in [-0.25, -0.2) is 4.39 Å². The fraction of sp³-hybridized carbons (Fsp3) is 0.520. The summed E-state index contributed by atoms with van der Waals surface area (Å²) in [6, 6.07) is 19.1. The lowest BCUT2D eigenvalue weighted by molar-refractivity contribution is -0.164. The molecule has 9 rings (SSSR count). The number of carbonyl (C=O) groups excluding carboxylic acids is 4. The number of piperazine rings is 1. The summed E-state index contributed by atoms with van der Waals surface area (Å²) < 4.78 is 23.8. The van der Waals surface area contributed by atoms with E-state index in [2.05, 4.69) is 69.4 Å². The van der Waals surface area contributed by atoms with Gasteiger partial charge < -0.3 is 24.8 Å². The molecule has 0 bridgehead atoms. The average Bonchev–Trinajstić information content (AvgIpc) is 3.33. The second-order valence-corrected chi connectivity index (χ2v) is 20.8. The first kappa shape index (κ1) is 47.0. The smallest absolute Gasteiger partial charge is 0.278 e. The topological polar surface area (TPSA) is 186 Å². The lowest BCUT2D eigenvalue weighted by atomic mass is 9.49. The molecule has 1 saturated carbocycles. The van der Waals surface area contributed by atoms with E-state index in [1.165, 1.54) is 0 Å². The minimum atomic E-state index is -1.37. The maximum absolute atomic E-state index is 16.4. The third kappa shape index (κ3) is 9.12. The van der Waals surface area contributed by atoms with Crippen LogP contribution in [0.2, 0.25) is 5.02 Å². The zero-order valence-corrected chi connectivity index (χ0v) is 39.7. The van der Waals surface area contributed by atoms with Crippen molar-refractivity contribution in [3.05, 3.63) is 87.2 Å². The molecule has 68 heavy (non-hydrogen) atoms. The van der Waals surface area contributed by atoms with Gasteiger partial charge in [-0.15, -0.1) is 5.10 Å². The molecule has 5 heterocycles. The van der Waals surface area contributed by atoms with Crippen molar-refractivity contribution in [2.24, 2.45) is 16.7 Å². The lowest BCUT2D eigenvalue weighted by Crippen LogP contribution is -2.74. The fourth-order valence-electron chi connectivity index (χ4n) is 11.5. The van der Waals surface area contributed by atoms with Gasteiger partial charge in [0, 0.05) is 124 Å². The molecule has 358 valence electrons. The average molecular weight is 950 g/mol. The van der Waals surface area contributed by atoms with Crippen LogP contribution in [-0.2, 0) is 14.4 Å². The summed E-state index contributed by atoms with van der Waals surface area (Å²) in [6.45, 7) is 13.5. The summed E-state index contributed by atoms with van der Waals surface area (Å²) in [7, 11) is 0. The molecule has 1 aromatic heterocycles. The minimum absolute atomic E-state index is 0.0749. The Morgan fingerprint density at radius 1 is 0.868 bits per heavy atom. The van der Waals surface area contributed by atoms with Crippen molar-refractivity contribution >= 4 is 57.5 Å². The monoisotopic (exact) mass is 948 g/mol. The lowest BCUT2D eigenvalue weighted by Gasteiger charge is -2.63. The Labute approximate surface area is 399 Å². The third-order valence-corrected chi connectivity index (χ3v) is 15.5. The van der Waals surface area contributed by atoms with E-state index in [9.17, 15) is 29.2 Å². The highest BCUT2D eigenvalue weighted by Gasteiger charge is 2.64. The number of imide groups is 1. The molecule has 4 aliphatic heterocycles. The van der Waals surface area contributed by atoms with Gasteiger partial charge in [0.25, 0.3) is 17.4 Å². The van der Waals surface area contributed by atoms with Gasteiger partial charge in [0.2, 0.25) is 11.8 Å². The van der Waals surface area contributed by atoms with E-state index in [-0.39, 0.29) is 59.5 Å². The number of halogens is 2. The van der Waals surface area contributed by atoms with Gasteiger partial charge in [0.15, 0.2) is 0 Å². The molecule has 16 nitrogen and oxygen atoms in total. The first-order valence-electron chi connectivity index (χ1n) is 23.6. The number of aromatic nitrogens is 3. The molecule has 4 saturated heterocycles. The van der Waals surface area contributed by atoms with E-state index in [1.54, 1.807) is 30.3 Å². The highest BCUT2D eigenvalue weighted by Crippen LogP contribution is 2.55. The molecule has 5 fully saturated rings. The van der Waals surface area contributed by atoms with E-state index in [1.807, 2.05) is 35.2 Å². The normalized spacial score (nSPS) is 23.9. The van der Waals surface area contributed by atoms with Crippen LogP contribution in [-0.4, -0.2) is 125 Å². The molecule has 5 aliphatic rings. The van der Waals surface area contributed by atoms with Crippen LogP contribution in [0.5, 0.6) is 5.75 Å². The number of ether oxygens (including phenoxy) is 1. The standard InChI is InChI=1S/C50H58ClFN10O6/c1-48(2)46(49(3,4)47(48)68-36-11-7-33(29-53)38(51)28-36)55-42(64)31-5-8-34(9-6-31)60-25-23-58(24-26-60)30-50(52)17-21-61(22-18-50)44(66)32-15-19-59(20-16-32)35-10-12-39-37(27-35)45(67)62(57-56-39)40-13-14-41(63)54-43(40)65/h5-12,27-28,32,40,46-47H,13-26,30H2,1-4H3,(H,55,64)(H,54,63,65). The van der Waals surface area contributed by atoms with Crippen molar-refractivity contribution in [1.29, 1.82) is 5.26 Å². The number of piperidine rings is 3. The molecule has 1 unspecified atom stereocenters. The van der Waals surface area contributed by atoms with E-state index in [4.69, 9.17) is 16.3 Å².